The van der Waals surface area contributed by atoms with Gasteiger partial charge in [-0.05, 0) is 44.2 Å². The van der Waals surface area contributed by atoms with E-state index in [2.05, 4.69) is 27.4 Å². The number of hydrogen-bond acceptors (Lipinski definition) is 3. The summed E-state index contributed by atoms with van der Waals surface area (Å²) in [5.41, 5.74) is 0. The van der Waals surface area contributed by atoms with Gasteiger partial charge in [-0.2, -0.15) is 0 Å². The van der Waals surface area contributed by atoms with E-state index < -0.39 is 0 Å². The largest absolute Gasteiger partial charge is 0.489 e. The highest BCUT2D eigenvalue weighted by molar-refractivity contribution is 5.80. The van der Waals surface area contributed by atoms with Gasteiger partial charge in [-0.15, -0.1) is 0 Å². The predicted molar refractivity (Wildman–Crippen MR) is 112 cm³/mol. The molecule has 2 fully saturated rings. The molecule has 2 N–H and O–H groups in total. The summed E-state index contributed by atoms with van der Waals surface area (Å²) in [5.74, 6) is 1.82. The van der Waals surface area contributed by atoms with Crippen LogP contribution in [-0.2, 0) is 0 Å². The van der Waals surface area contributed by atoms with Crippen molar-refractivity contribution in [1.29, 1.82) is 0 Å². The maximum Gasteiger partial charge on any atom is 0.191 e. The van der Waals surface area contributed by atoms with Crippen LogP contribution in [0.4, 0.5) is 0 Å². The van der Waals surface area contributed by atoms with E-state index >= 15 is 0 Å². The molecular formula is C22H36N4O. The van der Waals surface area contributed by atoms with Crippen LogP contribution in [0.5, 0.6) is 5.75 Å². The zero-order chi connectivity index (χ0) is 18.9. The van der Waals surface area contributed by atoms with Gasteiger partial charge >= 0.3 is 0 Å². The van der Waals surface area contributed by atoms with E-state index in [1.54, 1.807) is 0 Å². The molecular weight excluding hydrogens is 336 g/mol. The number of guanidine groups is 1. The van der Waals surface area contributed by atoms with Gasteiger partial charge in [0.1, 0.15) is 11.9 Å². The highest BCUT2D eigenvalue weighted by Gasteiger charge is 2.27. The van der Waals surface area contributed by atoms with Crippen LogP contribution in [0.25, 0.3) is 0 Å². The van der Waals surface area contributed by atoms with Gasteiger partial charge in [0.05, 0.1) is 6.54 Å². The zero-order valence-corrected chi connectivity index (χ0v) is 17.0. The van der Waals surface area contributed by atoms with E-state index in [4.69, 9.17) is 4.74 Å². The molecule has 150 valence electrons. The minimum atomic E-state index is 0.134. The van der Waals surface area contributed by atoms with Crippen molar-refractivity contribution < 1.29 is 4.74 Å². The number of nitrogens with zero attached hydrogens (tertiary/aromatic N) is 2. The highest BCUT2D eigenvalue weighted by atomic mass is 16.5. The Morgan fingerprint density at radius 1 is 1.15 bits per heavy atom. The average Bonchev–Trinajstić information content (AvgIpc) is 3.26. The van der Waals surface area contributed by atoms with Gasteiger partial charge in [0, 0.05) is 32.2 Å². The van der Waals surface area contributed by atoms with Crippen molar-refractivity contribution in [2.75, 3.05) is 26.7 Å². The second kappa shape index (κ2) is 10.5. The number of likely N-dealkylation sites (tertiary alicyclic amines) is 1. The third kappa shape index (κ3) is 6.13. The van der Waals surface area contributed by atoms with Gasteiger partial charge in [0.25, 0.3) is 0 Å². The van der Waals surface area contributed by atoms with E-state index in [0.717, 1.165) is 30.7 Å². The van der Waals surface area contributed by atoms with E-state index in [1.165, 1.54) is 51.6 Å². The summed E-state index contributed by atoms with van der Waals surface area (Å²) in [6.45, 7) is 5.35. The van der Waals surface area contributed by atoms with Crippen LogP contribution in [0.2, 0.25) is 0 Å². The molecule has 2 aliphatic rings. The van der Waals surface area contributed by atoms with Crippen molar-refractivity contribution in [3.05, 3.63) is 30.3 Å². The number of benzene rings is 1. The molecule has 5 heteroatoms. The fourth-order valence-corrected chi connectivity index (χ4v) is 4.24. The summed E-state index contributed by atoms with van der Waals surface area (Å²) >= 11 is 0. The highest BCUT2D eigenvalue weighted by Crippen LogP contribution is 2.26. The molecule has 1 aromatic carbocycles. The standard InChI is InChI=1S/C22H36N4O/c1-3-20(27-21-11-5-4-6-12-21)17-24-22(23-2)25-18-13-15-26(16-14-18)19-9-7-8-10-19/h4-6,11-12,18-20H,3,7-10,13-17H2,1-2H3,(H2,23,24,25). The molecule has 1 aliphatic carbocycles. The topological polar surface area (TPSA) is 48.9 Å². The summed E-state index contributed by atoms with van der Waals surface area (Å²) in [4.78, 5) is 7.13. The van der Waals surface area contributed by atoms with Gasteiger partial charge < -0.3 is 20.3 Å². The van der Waals surface area contributed by atoms with E-state index in [9.17, 15) is 0 Å². The summed E-state index contributed by atoms with van der Waals surface area (Å²) in [6, 6.07) is 11.4. The molecule has 1 heterocycles. The van der Waals surface area contributed by atoms with Gasteiger partial charge in [-0.25, -0.2) is 0 Å². The Balaban J connectivity index is 1.40. The zero-order valence-electron chi connectivity index (χ0n) is 17.0. The van der Waals surface area contributed by atoms with Crippen molar-refractivity contribution in [1.82, 2.24) is 15.5 Å². The minimum absolute atomic E-state index is 0.134. The van der Waals surface area contributed by atoms with Crippen molar-refractivity contribution in [3.63, 3.8) is 0 Å². The molecule has 1 unspecified atom stereocenters. The summed E-state index contributed by atoms with van der Waals surface area (Å²) in [7, 11) is 1.85. The molecule has 1 aliphatic heterocycles. The fraction of sp³-hybridized carbons (Fsp3) is 0.682. The molecule has 3 rings (SSSR count). The lowest BCUT2D eigenvalue weighted by Crippen LogP contribution is -2.51. The number of rotatable bonds is 7. The maximum absolute atomic E-state index is 6.07. The molecule has 5 nitrogen and oxygen atoms in total. The summed E-state index contributed by atoms with van der Waals surface area (Å²) in [5, 5.41) is 7.07. The molecule has 0 spiro atoms. The molecule has 1 aromatic rings. The van der Waals surface area contributed by atoms with E-state index in [-0.39, 0.29) is 6.10 Å². The Kier molecular flexibility index (Phi) is 7.81. The van der Waals surface area contributed by atoms with Crippen molar-refractivity contribution in [2.24, 2.45) is 4.99 Å². The number of hydrogen-bond donors (Lipinski definition) is 2. The number of para-hydroxylation sites is 1. The summed E-state index contributed by atoms with van der Waals surface area (Å²) in [6.07, 6.45) is 9.15. The number of nitrogens with one attached hydrogen (secondary N) is 2. The molecule has 1 saturated carbocycles. The molecule has 0 radical (unpaired) electrons. The van der Waals surface area contributed by atoms with Crippen LogP contribution in [-0.4, -0.2) is 55.7 Å². The molecule has 0 amide bonds. The van der Waals surface area contributed by atoms with Crippen molar-refractivity contribution in [2.45, 2.75) is 70.1 Å². The Labute approximate surface area is 164 Å². The predicted octanol–water partition coefficient (Wildman–Crippen LogP) is 3.42. The first-order valence-corrected chi connectivity index (χ1v) is 10.7. The van der Waals surface area contributed by atoms with Crippen molar-refractivity contribution in [3.8, 4) is 5.75 Å². The van der Waals surface area contributed by atoms with Crippen LogP contribution in [0.1, 0.15) is 51.9 Å². The molecule has 0 aromatic heterocycles. The fourth-order valence-electron chi connectivity index (χ4n) is 4.24. The first-order valence-electron chi connectivity index (χ1n) is 10.7. The third-order valence-corrected chi connectivity index (χ3v) is 5.93. The van der Waals surface area contributed by atoms with Crippen LogP contribution in [0.3, 0.4) is 0 Å². The molecule has 0 bridgehead atoms. The van der Waals surface area contributed by atoms with Gasteiger partial charge in [0.2, 0.25) is 0 Å². The molecule has 1 atom stereocenters. The molecule has 27 heavy (non-hydrogen) atoms. The summed E-state index contributed by atoms with van der Waals surface area (Å²) < 4.78 is 6.07. The monoisotopic (exact) mass is 372 g/mol. The van der Waals surface area contributed by atoms with E-state index in [0.29, 0.717) is 6.04 Å². The van der Waals surface area contributed by atoms with Gasteiger partial charge in [-0.1, -0.05) is 38.0 Å². The first-order chi connectivity index (χ1) is 13.3. The van der Waals surface area contributed by atoms with Gasteiger partial charge in [-0.3, -0.25) is 4.99 Å². The Hall–Kier alpha value is -1.75. The number of ether oxygens (including phenoxy) is 1. The second-order valence-electron chi connectivity index (χ2n) is 7.81. The Morgan fingerprint density at radius 3 is 2.48 bits per heavy atom. The number of piperidine rings is 1. The lowest BCUT2D eigenvalue weighted by molar-refractivity contribution is 0.150. The minimum Gasteiger partial charge on any atom is -0.489 e. The lowest BCUT2D eigenvalue weighted by atomic mass is 10.0. The van der Waals surface area contributed by atoms with Crippen LogP contribution < -0.4 is 15.4 Å². The van der Waals surface area contributed by atoms with E-state index in [1.807, 2.05) is 37.4 Å². The smallest absolute Gasteiger partial charge is 0.191 e. The van der Waals surface area contributed by atoms with Crippen LogP contribution >= 0.6 is 0 Å². The lowest BCUT2D eigenvalue weighted by Gasteiger charge is -2.36. The SMILES string of the molecule is CCC(CNC(=NC)NC1CCN(C2CCCC2)CC1)Oc1ccccc1. The first kappa shape index (κ1) is 20.0. The average molecular weight is 373 g/mol. The van der Waals surface area contributed by atoms with Crippen molar-refractivity contribution >= 4 is 5.96 Å². The van der Waals surface area contributed by atoms with Crippen LogP contribution in [0.15, 0.2) is 35.3 Å². The van der Waals surface area contributed by atoms with Crippen LogP contribution in [0, 0.1) is 0 Å². The second-order valence-corrected chi connectivity index (χ2v) is 7.81. The Bertz CT molecular complexity index is 563. The third-order valence-electron chi connectivity index (χ3n) is 5.93. The molecule has 1 saturated heterocycles. The quantitative estimate of drug-likeness (QED) is 0.569. The van der Waals surface area contributed by atoms with Gasteiger partial charge in [0.15, 0.2) is 5.96 Å². The normalized spacial score (nSPS) is 21.2. The maximum atomic E-state index is 6.07. The number of aliphatic imine (C=N–C) groups is 1. The Morgan fingerprint density at radius 2 is 1.85 bits per heavy atom.